The minimum Gasteiger partial charge on any atom is -0.481 e. The molecule has 2 unspecified atom stereocenters. The fourth-order valence-electron chi connectivity index (χ4n) is 1.87. The maximum atomic E-state index is 11.0. The molecule has 0 aromatic heterocycles. The van der Waals surface area contributed by atoms with Gasteiger partial charge in [-0.2, -0.15) is 0 Å². The highest BCUT2D eigenvalue weighted by Crippen LogP contribution is 2.37. The van der Waals surface area contributed by atoms with Crippen molar-refractivity contribution < 1.29 is 9.90 Å². The van der Waals surface area contributed by atoms with Gasteiger partial charge in [-0.25, -0.2) is 0 Å². The molecule has 1 heterocycles. The van der Waals surface area contributed by atoms with Crippen molar-refractivity contribution in [1.82, 2.24) is 0 Å². The van der Waals surface area contributed by atoms with Gasteiger partial charge in [0.05, 0.1) is 10.9 Å². The number of nitrogens with one attached hydrogen (secondary N) is 1. The zero-order valence-corrected chi connectivity index (χ0v) is 9.04. The number of hydrogen-bond acceptors (Lipinski definition) is 2. The number of fused-ring (bicyclic) bond motifs is 1. The molecule has 1 aromatic carbocycles. The van der Waals surface area contributed by atoms with Crippen LogP contribution in [0.3, 0.4) is 0 Å². The van der Waals surface area contributed by atoms with Gasteiger partial charge < -0.3 is 10.4 Å². The SMILES string of the molecule is CC(C(=O)O)C1C(=S)Nc2ccccc21. The molecular formula is C11H11NO2S. The van der Waals surface area contributed by atoms with Crippen LogP contribution in [0.15, 0.2) is 24.3 Å². The quantitative estimate of drug-likeness (QED) is 0.752. The summed E-state index contributed by atoms with van der Waals surface area (Å²) >= 11 is 5.17. The van der Waals surface area contributed by atoms with E-state index < -0.39 is 11.9 Å². The number of para-hydroxylation sites is 1. The number of hydrogen-bond donors (Lipinski definition) is 2. The van der Waals surface area contributed by atoms with E-state index in [2.05, 4.69) is 5.32 Å². The second kappa shape index (κ2) is 3.62. The molecule has 4 heteroatoms. The molecule has 2 N–H and O–H groups in total. The second-order valence-corrected chi connectivity index (χ2v) is 4.12. The van der Waals surface area contributed by atoms with Gasteiger partial charge in [-0.15, -0.1) is 0 Å². The van der Waals surface area contributed by atoms with E-state index in [-0.39, 0.29) is 5.92 Å². The number of aliphatic carboxylic acids is 1. The fraction of sp³-hybridized carbons (Fsp3) is 0.273. The summed E-state index contributed by atoms with van der Waals surface area (Å²) in [6, 6.07) is 7.64. The average Bonchev–Trinajstić information content (AvgIpc) is 2.52. The lowest BCUT2D eigenvalue weighted by Gasteiger charge is -2.14. The molecule has 3 nitrogen and oxygen atoms in total. The number of carbonyl (C=O) groups is 1. The number of carboxylic acid groups (broad SMARTS) is 1. The zero-order chi connectivity index (χ0) is 11.0. The molecule has 0 amide bonds. The smallest absolute Gasteiger partial charge is 0.307 e. The van der Waals surface area contributed by atoms with Crippen molar-refractivity contribution in [3.63, 3.8) is 0 Å². The molecule has 0 saturated heterocycles. The van der Waals surface area contributed by atoms with Crippen LogP contribution in [0.1, 0.15) is 18.4 Å². The van der Waals surface area contributed by atoms with Crippen LogP contribution in [0.4, 0.5) is 5.69 Å². The number of benzene rings is 1. The van der Waals surface area contributed by atoms with Crippen LogP contribution < -0.4 is 5.32 Å². The molecule has 1 aromatic rings. The number of rotatable bonds is 2. The van der Waals surface area contributed by atoms with Gasteiger partial charge in [0.2, 0.25) is 0 Å². The molecule has 0 aliphatic carbocycles. The highest BCUT2D eigenvalue weighted by Gasteiger charge is 2.34. The van der Waals surface area contributed by atoms with Crippen molar-refractivity contribution in [2.24, 2.45) is 5.92 Å². The maximum absolute atomic E-state index is 11.0. The molecule has 1 aliphatic rings. The number of thiocarbonyl (C=S) groups is 1. The topological polar surface area (TPSA) is 49.3 Å². The van der Waals surface area contributed by atoms with Crippen molar-refractivity contribution in [2.45, 2.75) is 12.8 Å². The molecule has 78 valence electrons. The highest BCUT2D eigenvalue weighted by atomic mass is 32.1. The molecule has 1 aliphatic heterocycles. The van der Waals surface area contributed by atoms with Gasteiger partial charge in [0.1, 0.15) is 0 Å². The Bertz CT molecular complexity index is 430. The molecule has 2 rings (SSSR count). The van der Waals surface area contributed by atoms with Crippen LogP contribution in [0, 0.1) is 5.92 Å². The van der Waals surface area contributed by atoms with Crippen LogP contribution in [0.25, 0.3) is 0 Å². The maximum Gasteiger partial charge on any atom is 0.307 e. The number of carboxylic acids is 1. The number of anilines is 1. The molecule has 0 radical (unpaired) electrons. The average molecular weight is 221 g/mol. The van der Waals surface area contributed by atoms with Crippen molar-refractivity contribution in [1.29, 1.82) is 0 Å². The summed E-state index contributed by atoms with van der Waals surface area (Å²) in [6.45, 7) is 1.68. The Morgan fingerprint density at radius 1 is 1.53 bits per heavy atom. The third kappa shape index (κ3) is 1.61. The molecule has 0 fully saturated rings. The van der Waals surface area contributed by atoms with Crippen molar-refractivity contribution in [3.05, 3.63) is 29.8 Å². The predicted octanol–water partition coefficient (Wildman–Crippen LogP) is 2.24. The third-order valence-electron chi connectivity index (χ3n) is 2.73. The van der Waals surface area contributed by atoms with E-state index in [1.807, 2.05) is 24.3 Å². The fourth-order valence-corrected chi connectivity index (χ4v) is 2.31. The lowest BCUT2D eigenvalue weighted by atomic mass is 9.89. The summed E-state index contributed by atoms with van der Waals surface area (Å²) < 4.78 is 0. The van der Waals surface area contributed by atoms with Crippen LogP contribution >= 0.6 is 12.2 Å². The minimum absolute atomic E-state index is 0.200. The van der Waals surface area contributed by atoms with E-state index in [0.29, 0.717) is 4.99 Å². The Morgan fingerprint density at radius 2 is 2.20 bits per heavy atom. The van der Waals surface area contributed by atoms with E-state index in [9.17, 15) is 4.79 Å². The normalized spacial score (nSPS) is 20.6. The summed E-state index contributed by atoms with van der Waals surface area (Å²) in [5.41, 5.74) is 1.91. The van der Waals surface area contributed by atoms with Crippen LogP contribution in [0.5, 0.6) is 0 Å². The summed E-state index contributed by atoms with van der Waals surface area (Å²) in [5, 5.41) is 12.0. The standard InChI is InChI=1S/C11H11NO2S/c1-6(11(13)14)9-7-4-2-3-5-8(7)12-10(9)15/h2-6,9H,1H3,(H,12,15)(H,13,14). The lowest BCUT2D eigenvalue weighted by molar-refractivity contribution is -0.141. The van der Waals surface area contributed by atoms with E-state index in [1.165, 1.54) is 0 Å². The molecule has 0 bridgehead atoms. The summed E-state index contributed by atoms with van der Waals surface area (Å²) in [6.07, 6.45) is 0. The summed E-state index contributed by atoms with van der Waals surface area (Å²) in [7, 11) is 0. The third-order valence-corrected chi connectivity index (χ3v) is 3.08. The van der Waals surface area contributed by atoms with E-state index >= 15 is 0 Å². The van der Waals surface area contributed by atoms with Crippen molar-refractivity contribution in [2.75, 3.05) is 5.32 Å². The molecule has 0 spiro atoms. The molecular weight excluding hydrogens is 210 g/mol. The molecule has 15 heavy (non-hydrogen) atoms. The van der Waals surface area contributed by atoms with E-state index in [0.717, 1.165) is 11.3 Å². The van der Waals surface area contributed by atoms with E-state index in [4.69, 9.17) is 17.3 Å². The first kappa shape index (κ1) is 10.1. The van der Waals surface area contributed by atoms with Gasteiger partial charge in [-0.3, -0.25) is 4.79 Å². The van der Waals surface area contributed by atoms with Gasteiger partial charge in [-0.1, -0.05) is 37.3 Å². The van der Waals surface area contributed by atoms with Gasteiger partial charge in [-0.05, 0) is 11.6 Å². The minimum atomic E-state index is -0.819. The van der Waals surface area contributed by atoms with Crippen LogP contribution in [0.2, 0.25) is 0 Å². The Morgan fingerprint density at radius 3 is 2.87 bits per heavy atom. The second-order valence-electron chi connectivity index (χ2n) is 3.68. The zero-order valence-electron chi connectivity index (χ0n) is 8.23. The molecule has 0 saturated carbocycles. The summed E-state index contributed by atoms with van der Waals surface area (Å²) in [5.74, 6) is -1.51. The first-order valence-corrected chi connectivity index (χ1v) is 5.14. The van der Waals surface area contributed by atoms with Crippen LogP contribution in [-0.2, 0) is 4.79 Å². The van der Waals surface area contributed by atoms with Crippen molar-refractivity contribution >= 4 is 28.9 Å². The van der Waals surface area contributed by atoms with Crippen LogP contribution in [-0.4, -0.2) is 16.1 Å². The van der Waals surface area contributed by atoms with Crippen molar-refractivity contribution in [3.8, 4) is 0 Å². The predicted molar refractivity (Wildman–Crippen MR) is 62.2 cm³/mol. The lowest BCUT2D eigenvalue weighted by Crippen LogP contribution is -2.23. The molecule has 2 atom stereocenters. The van der Waals surface area contributed by atoms with Gasteiger partial charge >= 0.3 is 5.97 Å². The monoisotopic (exact) mass is 221 g/mol. The Balaban J connectivity index is 2.42. The Labute approximate surface area is 93.1 Å². The van der Waals surface area contributed by atoms with E-state index in [1.54, 1.807) is 6.92 Å². The van der Waals surface area contributed by atoms with Gasteiger partial charge in [0.15, 0.2) is 0 Å². The highest BCUT2D eigenvalue weighted by molar-refractivity contribution is 7.80. The Kier molecular flexibility index (Phi) is 2.44. The van der Waals surface area contributed by atoms with Gasteiger partial charge in [0.25, 0.3) is 0 Å². The first-order chi connectivity index (χ1) is 7.11. The summed E-state index contributed by atoms with van der Waals surface area (Å²) in [4.78, 5) is 11.6. The largest absolute Gasteiger partial charge is 0.481 e. The van der Waals surface area contributed by atoms with Gasteiger partial charge in [0, 0.05) is 11.6 Å². The Hall–Kier alpha value is -1.42. The first-order valence-electron chi connectivity index (χ1n) is 4.74.